The Morgan fingerprint density at radius 1 is 1.33 bits per heavy atom. The molecule has 2 N–H and O–H groups in total. The molecule has 0 fully saturated rings. The van der Waals surface area contributed by atoms with Crippen LogP contribution in [0, 0.1) is 0 Å². The highest BCUT2D eigenvalue weighted by Crippen LogP contribution is 2.20. The van der Waals surface area contributed by atoms with E-state index in [1.54, 1.807) is 12.5 Å². The van der Waals surface area contributed by atoms with Gasteiger partial charge in [0.15, 0.2) is 0 Å². The Bertz CT molecular complexity index is 240. The third-order valence-corrected chi connectivity index (χ3v) is 2.61. The molecule has 0 aliphatic rings. The summed E-state index contributed by atoms with van der Waals surface area (Å²) < 4.78 is 5.12. The normalized spacial score (nSPS) is 13.3. The highest BCUT2D eigenvalue weighted by Gasteiger charge is 2.18. The van der Waals surface area contributed by atoms with Gasteiger partial charge in [-0.25, -0.2) is 0 Å². The van der Waals surface area contributed by atoms with Gasteiger partial charge >= 0.3 is 0 Å². The van der Waals surface area contributed by atoms with Crippen LogP contribution in [0.1, 0.15) is 38.3 Å². The van der Waals surface area contributed by atoms with Crippen molar-refractivity contribution in [1.29, 1.82) is 0 Å². The summed E-state index contributed by atoms with van der Waals surface area (Å²) in [4.78, 5) is 2.44. The number of rotatable bonds is 7. The van der Waals surface area contributed by atoms with Gasteiger partial charge in [-0.2, -0.15) is 0 Å². The lowest BCUT2D eigenvalue weighted by Crippen LogP contribution is -2.34. The van der Waals surface area contributed by atoms with Gasteiger partial charge in [0, 0.05) is 12.1 Å². The third-order valence-electron chi connectivity index (χ3n) is 2.61. The first-order valence-electron chi connectivity index (χ1n) is 5.79. The van der Waals surface area contributed by atoms with Crippen LogP contribution in [0.15, 0.2) is 23.0 Å². The quantitative estimate of drug-likeness (QED) is 0.751. The van der Waals surface area contributed by atoms with Crippen molar-refractivity contribution in [2.45, 2.75) is 32.7 Å². The van der Waals surface area contributed by atoms with Gasteiger partial charge in [-0.3, -0.25) is 4.90 Å². The first kappa shape index (κ1) is 12.3. The number of furan rings is 1. The fourth-order valence-corrected chi connectivity index (χ4v) is 1.96. The van der Waals surface area contributed by atoms with Crippen LogP contribution in [0.25, 0.3) is 0 Å². The molecule has 0 aliphatic heterocycles. The molecular formula is C12H22N2O. The zero-order valence-corrected chi connectivity index (χ0v) is 9.78. The molecule has 0 aromatic carbocycles. The maximum absolute atomic E-state index is 5.84. The summed E-state index contributed by atoms with van der Waals surface area (Å²) >= 11 is 0. The second-order valence-corrected chi connectivity index (χ2v) is 3.84. The van der Waals surface area contributed by atoms with Crippen LogP contribution in [-0.2, 0) is 0 Å². The highest BCUT2D eigenvalue weighted by atomic mass is 16.3. The minimum atomic E-state index is 0.309. The summed E-state index contributed by atoms with van der Waals surface area (Å²) in [7, 11) is 0. The van der Waals surface area contributed by atoms with Gasteiger partial charge in [0.05, 0.1) is 18.6 Å². The number of nitrogens with two attached hydrogens (primary N) is 1. The Morgan fingerprint density at radius 3 is 2.40 bits per heavy atom. The molecule has 1 heterocycles. The van der Waals surface area contributed by atoms with Crippen molar-refractivity contribution in [3.63, 3.8) is 0 Å². The fourth-order valence-electron chi connectivity index (χ4n) is 1.96. The molecule has 3 nitrogen and oxygen atoms in total. The van der Waals surface area contributed by atoms with Crippen molar-refractivity contribution in [2.24, 2.45) is 5.73 Å². The van der Waals surface area contributed by atoms with Crippen molar-refractivity contribution in [3.05, 3.63) is 24.2 Å². The Balaban J connectivity index is 2.69. The zero-order chi connectivity index (χ0) is 11.1. The summed E-state index contributed by atoms with van der Waals surface area (Å²) in [6, 6.07) is 2.32. The summed E-state index contributed by atoms with van der Waals surface area (Å²) in [5.74, 6) is 0. The summed E-state index contributed by atoms with van der Waals surface area (Å²) in [5.41, 5.74) is 7.04. The van der Waals surface area contributed by atoms with Crippen LogP contribution in [0.5, 0.6) is 0 Å². The predicted octanol–water partition coefficient (Wildman–Crippen LogP) is 2.40. The Kier molecular flexibility index (Phi) is 5.43. The summed E-state index contributed by atoms with van der Waals surface area (Å²) in [6.45, 7) is 7.25. The molecule has 0 bridgehead atoms. The molecule has 1 atom stereocenters. The van der Waals surface area contributed by atoms with Gasteiger partial charge in [0.2, 0.25) is 0 Å². The maximum atomic E-state index is 5.84. The molecule has 0 saturated heterocycles. The second-order valence-electron chi connectivity index (χ2n) is 3.84. The van der Waals surface area contributed by atoms with Crippen molar-refractivity contribution >= 4 is 0 Å². The van der Waals surface area contributed by atoms with E-state index >= 15 is 0 Å². The molecule has 1 unspecified atom stereocenters. The average Bonchev–Trinajstić information content (AvgIpc) is 2.73. The van der Waals surface area contributed by atoms with Crippen LogP contribution in [0.4, 0.5) is 0 Å². The predicted molar refractivity (Wildman–Crippen MR) is 62.7 cm³/mol. The molecule has 86 valence electrons. The fraction of sp³-hybridized carbons (Fsp3) is 0.667. The van der Waals surface area contributed by atoms with E-state index in [4.69, 9.17) is 10.2 Å². The molecule has 1 rings (SSSR count). The van der Waals surface area contributed by atoms with E-state index in [2.05, 4.69) is 18.7 Å². The Labute approximate surface area is 92.2 Å². The molecule has 1 aromatic heterocycles. The van der Waals surface area contributed by atoms with Gasteiger partial charge in [-0.15, -0.1) is 0 Å². The van der Waals surface area contributed by atoms with E-state index in [1.807, 2.05) is 6.07 Å². The molecule has 0 radical (unpaired) electrons. The minimum absolute atomic E-state index is 0.309. The van der Waals surface area contributed by atoms with E-state index in [9.17, 15) is 0 Å². The molecule has 0 spiro atoms. The lowest BCUT2D eigenvalue weighted by molar-refractivity contribution is 0.201. The monoisotopic (exact) mass is 210 g/mol. The summed E-state index contributed by atoms with van der Waals surface area (Å²) in [6.07, 6.45) is 5.84. The zero-order valence-electron chi connectivity index (χ0n) is 9.78. The van der Waals surface area contributed by atoms with Crippen LogP contribution in [-0.4, -0.2) is 24.5 Å². The van der Waals surface area contributed by atoms with Crippen LogP contribution in [0.2, 0.25) is 0 Å². The van der Waals surface area contributed by atoms with E-state index < -0.39 is 0 Å². The Morgan fingerprint density at radius 2 is 2.00 bits per heavy atom. The van der Waals surface area contributed by atoms with Crippen LogP contribution < -0.4 is 5.73 Å². The lowest BCUT2D eigenvalue weighted by atomic mass is 10.1. The number of nitrogens with zero attached hydrogens (tertiary/aromatic N) is 1. The average molecular weight is 210 g/mol. The SMILES string of the molecule is CCCN(CCC)C(CN)c1ccoc1. The van der Waals surface area contributed by atoms with E-state index in [0.717, 1.165) is 25.9 Å². The minimum Gasteiger partial charge on any atom is -0.472 e. The smallest absolute Gasteiger partial charge is 0.0950 e. The first-order chi connectivity index (χ1) is 7.33. The van der Waals surface area contributed by atoms with Crippen molar-refractivity contribution < 1.29 is 4.42 Å². The van der Waals surface area contributed by atoms with E-state index in [0.29, 0.717) is 12.6 Å². The van der Waals surface area contributed by atoms with Crippen molar-refractivity contribution in [1.82, 2.24) is 4.90 Å². The topological polar surface area (TPSA) is 42.4 Å². The molecule has 1 aromatic rings. The third kappa shape index (κ3) is 3.36. The van der Waals surface area contributed by atoms with Crippen LogP contribution in [0.3, 0.4) is 0 Å². The Hall–Kier alpha value is -0.800. The van der Waals surface area contributed by atoms with Gasteiger partial charge in [0.25, 0.3) is 0 Å². The molecule has 0 saturated carbocycles. The standard InChI is InChI=1S/C12H22N2O/c1-3-6-14(7-4-2)12(9-13)11-5-8-15-10-11/h5,8,10,12H,3-4,6-7,9,13H2,1-2H3. The highest BCUT2D eigenvalue weighted by molar-refractivity contribution is 5.12. The van der Waals surface area contributed by atoms with Gasteiger partial charge in [-0.05, 0) is 32.0 Å². The molecule has 0 aliphatic carbocycles. The van der Waals surface area contributed by atoms with Gasteiger partial charge < -0.3 is 10.2 Å². The van der Waals surface area contributed by atoms with Crippen LogP contribution >= 0.6 is 0 Å². The first-order valence-corrected chi connectivity index (χ1v) is 5.79. The maximum Gasteiger partial charge on any atom is 0.0950 e. The molecular weight excluding hydrogens is 188 g/mol. The lowest BCUT2D eigenvalue weighted by Gasteiger charge is -2.29. The largest absolute Gasteiger partial charge is 0.472 e. The van der Waals surface area contributed by atoms with Crippen molar-refractivity contribution in [2.75, 3.05) is 19.6 Å². The molecule has 15 heavy (non-hydrogen) atoms. The number of hydrogen-bond donors (Lipinski definition) is 1. The van der Waals surface area contributed by atoms with Crippen molar-refractivity contribution in [3.8, 4) is 0 Å². The second kappa shape index (κ2) is 6.64. The number of hydrogen-bond acceptors (Lipinski definition) is 3. The van der Waals surface area contributed by atoms with E-state index in [-0.39, 0.29) is 0 Å². The van der Waals surface area contributed by atoms with Gasteiger partial charge in [-0.1, -0.05) is 13.8 Å². The van der Waals surface area contributed by atoms with E-state index in [1.165, 1.54) is 5.56 Å². The van der Waals surface area contributed by atoms with Gasteiger partial charge in [0.1, 0.15) is 0 Å². The molecule has 3 heteroatoms. The molecule has 0 amide bonds. The summed E-state index contributed by atoms with van der Waals surface area (Å²) in [5, 5.41) is 0.